The second-order valence-electron chi connectivity index (χ2n) is 8.14. The molecule has 0 aromatic rings. The fourth-order valence-corrected chi connectivity index (χ4v) is 236. The molecular formula is C10H30Cl4Si6. The van der Waals surface area contributed by atoms with Crippen LogP contribution >= 0.6 is 44.3 Å². The predicted molar refractivity (Wildman–Crippen MR) is 117 cm³/mol. The van der Waals surface area contributed by atoms with Crippen LogP contribution in [0.1, 0.15) is 0 Å². The van der Waals surface area contributed by atoms with Crippen molar-refractivity contribution in [1.29, 1.82) is 0 Å². The van der Waals surface area contributed by atoms with E-state index in [1.54, 1.807) is 0 Å². The van der Waals surface area contributed by atoms with Crippen molar-refractivity contribution in [1.82, 2.24) is 0 Å². The Labute approximate surface area is 149 Å². The molecule has 0 aliphatic heterocycles. The molecule has 0 spiro atoms. The molecule has 0 atom stereocenters. The van der Waals surface area contributed by atoms with Crippen molar-refractivity contribution in [3.8, 4) is 0 Å². The molecule has 0 aromatic carbocycles. The smallest absolute Gasteiger partial charge is 0.137 e. The quantitative estimate of drug-likeness (QED) is 0.333. The van der Waals surface area contributed by atoms with Crippen molar-refractivity contribution in [2.75, 3.05) is 0 Å². The van der Waals surface area contributed by atoms with E-state index < -0.39 is 40.9 Å². The number of rotatable bonds is 5. The highest BCUT2D eigenvalue weighted by atomic mass is 35.6. The van der Waals surface area contributed by atoms with Gasteiger partial charge in [-0.05, 0) is 0 Å². The van der Waals surface area contributed by atoms with E-state index in [2.05, 4.69) is 65.5 Å². The molecular weight excluding hydrogens is 430 g/mol. The Morgan fingerprint density at radius 2 is 0.450 bits per heavy atom. The lowest BCUT2D eigenvalue weighted by atomic mass is 11.9. The zero-order chi connectivity index (χ0) is 17.0. The topological polar surface area (TPSA) is 0 Å². The molecule has 0 heterocycles. The molecule has 0 N–H and O–H groups in total. The second kappa shape index (κ2) is 6.07. The monoisotopic (exact) mass is 458 g/mol. The van der Waals surface area contributed by atoms with Crippen LogP contribution in [0.15, 0.2) is 0 Å². The summed E-state index contributed by atoms with van der Waals surface area (Å²) in [6.45, 7) is 12.1. The summed E-state index contributed by atoms with van der Waals surface area (Å²) in [5, 5.41) is 0. The molecule has 0 unspecified atom stereocenters. The van der Waals surface area contributed by atoms with Crippen LogP contribution in [0, 0.1) is 0 Å². The van der Waals surface area contributed by atoms with Gasteiger partial charge in [0.15, 0.2) is 0 Å². The van der Waals surface area contributed by atoms with Crippen molar-refractivity contribution < 1.29 is 0 Å². The summed E-state index contributed by atoms with van der Waals surface area (Å²) in [7, 11) is 0. The Bertz CT molecular complexity index is 296. The maximum Gasteiger partial charge on any atom is 0.137 e. The van der Waals surface area contributed by atoms with Gasteiger partial charge >= 0.3 is 0 Å². The van der Waals surface area contributed by atoms with E-state index >= 15 is 0 Å². The fourth-order valence-electron chi connectivity index (χ4n) is 3.79. The molecule has 0 aliphatic rings. The average Bonchev–Trinajstić information content (AvgIpc) is 2.07. The zero-order valence-electron chi connectivity index (χ0n) is 14.5. The lowest BCUT2D eigenvalue weighted by molar-refractivity contribution is 1.87. The fraction of sp³-hybridized carbons (Fsp3) is 1.00. The Balaban J connectivity index is 6.71. The lowest BCUT2D eigenvalue weighted by Crippen LogP contribution is -2.92. The first-order valence-corrected chi connectivity index (χ1v) is 33.1. The van der Waals surface area contributed by atoms with E-state index in [1.165, 1.54) is 0 Å². The van der Waals surface area contributed by atoms with Crippen molar-refractivity contribution in [3.05, 3.63) is 0 Å². The van der Waals surface area contributed by atoms with Crippen LogP contribution in [0.3, 0.4) is 0 Å². The molecule has 0 bridgehead atoms. The molecule has 0 fully saturated rings. The molecule has 10 heteroatoms. The molecule has 0 saturated heterocycles. The molecule has 0 rings (SSSR count). The van der Waals surface area contributed by atoms with Crippen LogP contribution in [0.2, 0.25) is 65.5 Å². The lowest BCUT2D eigenvalue weighted by Gasteiger charge is -2.61. The maximum atomic E-state index is 7.13. The molecule has 0 radical (unpaired) electrons. The Morgan fingerprint density at radius 1 is 0.350 bits per heavy atom. The van der Waals surface area contributed by atoms with Crippen molar-refractivity contribution >= 4 is 85.2 Å². The van der Waals surface area contributed by atoms with E-state index in [4.69, 9.17) is 44.3 Å². The summed E-state index contributed by atoms with van der Waals surface area (Å²) >= 11 is 28.5. The standard InChI is InChI=1S/C10H30Cl4Si6/c1-15(2,11)19(9,16(3,4)12)20(10,17(5,6)13)18(7,8)14/h1-10H3. The minimum absolute atomic E-state index is 1.87. The van der Waals surface area contributed by atoms with E-state index in [0.29, 0.717) is 0 Å². The number of hydrogen-bond donors (Lipinski definition) is 0. The summed E-state index contributed by atoms with van der Waals surface area (Å²) in [4.78, 5) is 0. The van der Waals surface area contributed by atoms with Gasteiger partial charge < -0.3 is 0 Å². The molecule has 0 saturated carbocycles. The maximum absolute atomic E-state index is 7.13. The van der Waals surface area contributed by atoms with Gasteiger partial charge in [-0.3, -0.25) is 0 Å². The minimum atomic E-state index is -1.90. The third-order valence-corrected chi connectivity index (χ3v) is 149. The molecule has 0 aromatic heterocycles. The predicted octanol–water partition coefficient (Wildman–Crippen LogP) is 6.31. The van der Waals surface area contributed by atoms with Crippen LogP contribution in [0.4, 0.5) is 0 Å². The first-order valence-electron chi connectivity index (χ1n) is 7.01. The molecule has 122 valence electrons. The normalized spacial score (nSPS) is 16.5. The third kappa shape index (κ3) is 3.44. The summed E-state index contributed by atoms with van der Waals surface area (Å²) in [6, 6.07) is 0. The Hall–Kier alpha value is 2.46. The molecule has 0 aliphatic carbocycles. The van der Waals surface area contributed by atoms with Gasteiger partial charge in [-0.15, -0.1) is 0 Å². The van der Waals surface area contributed by atoms with Gasteiger partial charge in [0.2, 0.25) is 0 Å². The van der Waals surface area contributed by atoms with Gasteiger partial charge in [0.05, 0.1) is 13.3 Å². The molecule has 20 heavy (non-hydrogen) atoms. The second-order valence-corrected chi connectivity index (χ2v) is 81.6. The Kier molecular flexibility index (Phi) is 6.82. The van der Waals surface area contributed by atoms with Crippen LogP contribution in [0.25, 0.3) is 0 Å². The van der Waals surface area contributed by atoms with Gasteiger partial charge in [-0.1, -0.05) is 65.5 Å². The van der Waals surface area contributed by atoms with E-state index in [9.17, 15) is 0 Å². The van der Waals surface area contributed by atoms with Crippen LogP contribution in [-0.4, -0.2) is 40.9 Å². The molecule has 0 amide bonds. The van der Waals surface area contributed by atoms with Crippen molar-refractivity contribution in [2.45, 2.75) is 65.5 Å². The van der Waals surface area contributed by atoms with E-state index in [-0.39, 0.29) is 0 Å². The van der Waals surface area contributed by atoms with Crippen LogP contribution in [0.5, 0.6) is 0 Å². The largest absolute Gasteiger partial charge is 0.172 e. The summed E-state index contributed by atoms with van der Waals surface area (Å²) in [5.74, 6) is 0. The van der Waals surface area contributed by atoms with Gasteiger partial charge in [-0.25, -0.2) is 0 Å². The number of halogens is 4. The van der Waals surface area contributed by atoms with Gasteiger partial charge in [0.25, 0.3) is 0 Å². The zero-order valence-corrected chi connectivity index (χ0v) is 23.5. The Morgan fingerprint density at radius 3 is 0.500 bits per heavy atom. The van der Waals surface area contributed by atoms with Gasteiger partial charge in [-0.2, -0.15) is 44.3 Å². The summed E-state index contributed by atoms with van der Waals surface area (Å²) in [6.07, 6.45) is 0. The van der Waals surface area contributed by atoms with Gasteiger partial charge in [0, 0.05) is 0 Å². The van der Waals surface area contributed by atoms with Crippen molar-refractivity contribution in [2.24, 2.45) is 0 Å². The first-order chi connectivity index (χ1) is 8.25. The van der Waals surface area contributed by atoms with E-state index in [0.717, 1.165) is 0 Å². The number of hydrogen-bond acceptors (Lipinski definition) is 0. The highest BCUT2D eigenvalue weighted by Gasteiger charge is 2.74. The minimum Gasteiger partial charge on any atom is -0.172 e. The van der Waals surface area contributed by atoms with Gasteiger partial charge in [0.1, 0.15) is 27.6 Å². The average molecular weight is 461 g/mol. The summed E-state index contributed by atoms with van der Waals surface area (Å²) in [5.41, 5.74) is 0. The highest BCUT2D eigenvalue weighted by molar-refractivity contribution is 8.18. The van der Waals surface area contributed by atoms with Crippen molar-refractivity contribution in [3.63, 3.8) is 0 Å². The van der Waals surface area contributed by atoms with E-state index in [1.807, 2.05) is 0 Å². The van der Waals surface area contributed by atoms with Crippen LogP contribution < -0.4 is 0 Å². The first kappa shape index (κ1) is 22.5. The highest BCUT2D eigenvalue weighted by Crippen LogP contribution is 2.49. The SMILES string of the molecule is C[Si](C)(Cl)[Si](C)([Si](C)(C)Cl)[Si](C)([Si](C)(C)Cl)[Si](C)(C)Cl. The summed E-state index contributed by atoms with van der Waals surface area (Å²) < 4.78 is 0. The van der Waals surface area contributed by atoms with Crippen LogP contribution in [-0.2, 0) is 0 Å². The molecule has 0 nitrogen and oxygen atoms in total. The third-order valence-electron chi connectivity index (χ3n) is 5.76.